The van der Waals surface area contributed by atoms with Gasteiger partial charge in [-0.1, -0.05) is 6.07 Å². The highest BCUT2D eigenvalue weighted by atomic mass is 127. The van der Waals surface area contributed by atoms with E-state index in [4.69, 9.17) is 4.74 Å². The minimum absolute atomic E-state index is 0. The molecular weight excluding hydrogens is 429 g/mol. The number of aromatic nitrogens is 1. The van der Waals surface area contributed by atoms with Crippen LogP contribution in [0.5, 0.6) is 5.88 Å². The number of likely N-dealkylation sites (tertiary alicyclic amines) is 1. The number of pyridine rings is 1. The molecule has 1 aromatic rings. The molecule has 1 aliphatic rings. The van der Waals surface area contributed by atoms with E-state index in [2.05, 4.69) is 39.4 Å². The summed E-state index contributed by atoms with van der Waals surface area (Å²) in [6.07, 6.45) is 4.05. The van der Waals surface area contributed by atoms with Crippen LogP contribution in [0.1, 0.15) is 39.2 Å². The zero-order valence-corrected chi connectivity index (χ0v) is 18.1. The Labute approximate surface area is 168 Å². The van der Waals surface area contributed by atoms with Gasteiger partial charge in [0, 0.05) is 50.5 Å². The van der Waals surface area contributed by atoms with E-state index in [1.54, 1.807) is 6.20 Å². The first-order chi connectivity index (χ1) is 11.6. The summed E-state index contributed by atoms with van der Waals surface area (Å²) in [7, 11) is 1.81. The van der Waals surface area contributed by atoms with Crippen LogP contribution in [-0.2, 0) is 6.54 Å². The van der Waals surface area contributed by atoms with Crippen molar-refractivity contribution in [2.24, 2.45) is 4.99 Å². The summed E-state index contributed by atoms with van der Waals surface area (Å²) in [6.45, 7) is 10.0. The molecule has 0 amide bonds. The SMILES string of the molecule is CCOc1ncccc1CNC(=NC)NC1CCN(C(C)C)CC1.I. The van der Waals surface area contributed by atoms with Crippen molar-refractivity contribution in [3.05, 3.63) is 23.9 Å². The quantitative estimate of drug-likeness (QED) is 0.388. The molecule has 25 heavy (non-hydrogen) atoms. The molecular formula is C18H32IN5O. The van der Waals surface area contributed by atoms with E-state index in [0.29, 0.717) is 31.1 Å². The van der Waals surface area contributed by atoms with Crippen molar-refractivity contribution in [3.63, 3.8) is 0 Å². The van der Waals surface area contributed by atoms with Gasteiger partial charge in [-0.3, -0.25) is 4.99 Å². The zero-order chi connectivity index (χ0) is 17.4. The smallest absolute Gasteiger partial charge is 0.218 e. The fourth-order valence-corrected chi connectivity index (χ4v) is 2.95. The fourth-order valence-electron chi connectivity index (χ4n) is 2.95. The maximum absolute atomic E-state index is 5.57. The van der Waals surface area contributed by atoms with Gasteiger partial charge in [-0.25, -0.2) is 4.98 Å². The Morgan fingerprint density at radius 2 is 2.12 bits per heavy atom. The third-order valence-electron chi connectivity index (χ3n) is 4.40. The van der Waals surface area contributed by atoms with Crippen LogP contribution in [0.25, 0.3) is 0 Å². The lowest BCUT2D eigenvalue weighted by Crippen LogP contribution is -2.49. The van der Waals surface area contributed by atoms with E-state index in [9.17, 15) is 0 Å². The summed E-state index contributed by atoms with van der Waals surface area (Å²) in [5.41, 5.74) is 1.04. The molecule has 6 nitrogen and oxygen atoms in total. The van der Waals surface area contributed by atoms with Crippen molar-refractivity contribution in [2.75, 3.05) is 26.7 Å². The first kappa shape index (κ1) is 22.0. The number of hydrogen-bond acceptors (Lipinski definition) is 4. The van der Waals surface area contributed by atoms with Crippen LogP contribution in [0, 0.1) is 0 Å². The van der Waals surface area contributed by atoms with E-state index in [1.807, 2.05) is 26.1 Å². The van der Waals surface area contributed by atoms with Gasteiger partial charge in [0.15, 0.2) is 5.96 Å². The minimum Gasteiger partial charge on any atom is -0.478 e. The fraction of sp³-hybridized carbons (Fsp3) is 0.667. The Hall–Kier alpha value is -1.09. The van der Waals surface area contributed by atoms with Gasteiger partial charge in [-0.2, -0.15) is 0 Å². The normalized spacial score (nSPS) is 16.4. The van der Waals surface area contributed by atoms with Gasteiger partial charge in [0.1, 0.15) is 0 Å². The number of nitrogens with one attached hydrogen (secondary N) is 2. The largest absolute Gasteiger partial charge is 0.478 e. The van der Waals surface area contributed by atoms with Gasteiger partial charge >= 0.3 is 0 Å². The number of guanidine groups is 1. The molecule has 1 aromatic heterocycles. The molecule has 0 aromatic carbocycles. The Bertz CT molecular complexity index is 530. The maximum Gasteiger partial charge on any atom is 0.218 e. The predicted molar refractivity (Wildman–Crippen MR) is 114 cm³/mol. The van der Waals surface area contributed by atoms with Crippen molar-refractivity contribution in [1.29, 1.82) is 0 Å². The first-order valence-corrected chi connectivity index (χ1v) is 8.92. The third kappa shape index (κ3) is 6.97. The second-order valence-electron chi connectivity index (χ2n) is 6.37. The summed E-state index contributed by atoms with van der Waals surface area (Å²) in [4.78, 5) is 11.2. The molecule has 0 unspecified atom stereocenters. The van der Waals surface area contributed by atoms with Crippen LogP contribution in [0.4, 0.5) is 0 Å². The summed E-state index contributed by atoms with van der Waals surface area (Å²) in [6, 6.07) is 5.06. The van der Waals surface area contributed by atoms with Crippen molar-refractivity contribution in [1.82, 2.24) is 20.5 Å². The summed E-state index contributed by atoms with van der Waals surface area (Å²) in [5, 5.41) is 6.91. The van der Waals surface area contributed by atoms with Crippen LogP contribution < -0.4 is 15.4 Å². The molecule has 0 bridgehead atoms. The predicted octanol–water partition coefficient (Wildman–Crippen LogP) is 2.64. The number of nitrogens with zero attached hydrogens (tertiary/aromatic N) is 3. The molecule has 0 aliphatic carbocycles. The van der Waals surface area contributed by atoms with Crippen LogP contribution in [0.2, 0.25) is 0 Å². The van der Waals surface area contributed by atoms with Gasteiger partial charge in [0.25, 0.3) is 0 Å². The monoisotopic (exact) mass is 461 g/mol. The van der Waals surface area contributed by atoms with Crippen LogP contribution >= 0.6 is 24.0 Å². The number of piperidine rings is 1. The zero-order valence-electron chi connectivity index (χ0n) is 15.8. The van der Waals surface area contributed by atoms with Crippen molar-refractivity contribution in [3.8, 4) is 5.88 Å². The third-order valence-corrected chi connectivity index (χ3v) is 4.40. The van der Waals surface area contributed by atoms with E-state index >= 15 is 0 Å². The Morgan fingerprint density at radius 1 is 1.40 bits per heavy atom. The van der Waals surface area contributed by atoms with E-state index in [1.165, 1.54) is 0 Å². The average molecular weight is 461 g/mol. The highest BCUT2D eigenvalue weighted by Crippen LogP contribution is 2.14. The molecule has 7 heteroatoms. The number of ether oxygens (including phenoxy) is 1. The summed E-state index contributed by atoms with van der Waals surface area (Å²) in [5.74, 6) is 1.53. The van der Waals surface area contributed by atoms with Gasteiger partial charge in [-0.05, 0) is 39.7 Å². The van der Waals surface area contributed by atoms with Crippen LogP contribution in [0.15, 0.2) is 23.3 Å². The van der Waals surface area contributed by atoms with Gasteiger partial charge in [-0.15, -0.1) is 24.0 Å². The summed E-state index contributed by atoms with van der Waals surface area (Å²) >= 11 is 0. The standard InChI is InChI=1S/C18H31N5O.HI/c1-5-24-17-15(7-6-10-20-17)13-21-18(19-4)22-16-8-11-23(12-9-16)14(2)3;/h6-7,10,14,16H,5,8-9,11-13H2,1-4H3,(H2,19,21,22);1H. The topological polar surface area (TPSA) is 61.8 Å². The molecule has 0 atom stereocenters. The second kappa shape index (κ2) is 11.5. The van der Waals surface area contributed by atoms with E-state index in [0.717, 1.165) is 37.5 Å². The lowest BCUT2D eigenvalue weighted by atomic mass is 10.0. The number of aliphatic imine (C=N–C) groups is 1. The Kier molecular flexibility index (Phi) is 10.1. The number of halogens is 1. The highest BCUT2D eigenvalue weighted by molar-refractivity contribution is 14.0. The lowest BCUT2D eigenvalue weighted by molar-refractivity contribution is 0.167. The van der Waals surface area contributed by atoms with Gasteiger partial charge in [0.05, 0.1) is 6.61 Å². The molecule has 0 radical (unpaired) electrons. The van der Waals surface area contributed by atoms with Crippen molar-refractivity contribution in [2.45, 2.75) is 52.2 Å². The van der Waals surface area contributed by atoms with E-state index < -0.39 is 0 Å². The Morgan fingerprint density at radius 3 is 2.72 bits per heavy atom. The lowest BCUT2D eigenvalue weighted by Gasteiger charge is -2.35. The molecule has 2 rings (SSSR count). The Balaban J connectivity index is 0.00000312. The molecule has 0 saturated carbocycles. The maximum atomic E-state index is 5.57. The highest BCUT2D eigenvalue weighted by Gasteiger charge is 2.21. The molecule has 1 saturated heterocycles. The molecule has 1 aliphatic heterocycles. The molecule has 2 N–H and O–H groups in total. The minimum atomic E-state index is 0. The van der Waals surface area contributed by atoms with E-state index in [-0.39, 0.29) is 24.0 Å². The van der Waals surface area contributed by atoms with Crippen LogP contribution in [-0.4, -0.2) is 54.7 Å². The average Bonchev–Trinajstić information content (AvgIpc) is 2.60. The molecule has 1 fully saturated rings. The number of hydrogen-bond donors (Lipinski definition) is 2. The van der Waals surface area contributed by atoms with Crippen molar-refractivity contribution >= 4 is 29.9 Å². The van der Waals surface area contributed by atoms with Crippen LogP contribution in [0.3, 0.4) is 0 Å². The summed E-state index contributed by atoms with van der Waals surface area (Å²) < 4.78 is 5.57. The molecule has 0 spiro atoms. The molecule has 142 valence electrons. The molecule has 2 heterocycles. The number of rotatable bonds is 6. The van der Waals surface area contributed by atoms with Crippen molar-refractivity contribution < 1.29 is 4.74 Å². The van der Waals surface area contributed by atoms with Gasteiger partial charge in [0.2, 0.25) is 5.88 Å². The first-order valence-electron chi connectivity index (χ1n) is 8.92. The second-order valence-corrected chi connectivity index (χ2v) is 6.37. The van der Waals surface area contributed by atoms with Gasteiger partial charge < -0.3 is 20.3 Å².